The molecule has 0 bridgehead atoms. The highest BCUT2D eigenvalue weighted by Gasteiger charge is 2.01. The Hall–Kier alpha value is -1.29. The number of hydrogen-bond acceptors (Lipinski definition) is 3. The summed E-state index contributed by atoms with van der Waals surface area (Å²) in [5, 5.41) is 7.58. The van der Waals surface area contributed by atoms with Crippen molar-refractivity contribution in [3.05, 3.63) is 41.4 Å². The molecule has 0 aliphatic heterocycles. The van der Waals surface area contributed by atoms with Crippen LogP contribution in [0, 0.1) is 0 Å². The molecule has 4 heteroatoms. The van der Waals surface area contributed by atoms with Crippen molar-refractivity contribution in [2.45, 2.75) is 0 Å². The van der Waals surface area contributed by atoms with Crippen molar-refractivity contribution in [3.8, 4) is 11.1 Å². The van der Waals surface area contributed by atoms with Gasteiger partial charge in [-0.25, -0.2) is 0 Å². The Labute approximate surface area is 84.0 Å². The van der Waals surface area contributed by atoms with E-state index in [2.05, 4.69) is 31.1 Å². The maximum atomic E-state index is 3.95. The van der Waals surface area contributed by atoms with Crippen molar-refractivity contribution in [2.75, 3.05) is 0 Å². The third-order valence-electron chi connectivity index (χ3n) is 1.67. The zero-order chi connectivity index (χ0) is 9.10. The van der Waals surface area contributed by atoms with Gasteiger partial charge in [-0.15, -0.1) is 0 Å². The lowest BCUT2D eigenvalue weighted by Gasteiger charge is -2.00. The molecule has 0 saturated heterocycles. The summed E-state index contributed by atoms with van der Waals surface area (Å²) >= 11 is 3.41. The summed E-state index contributed by atoms with van der Waals surface area (Å²) < 4.78 is 0.939. The first-order valence-electron chi connectivity index (χ1n) is 3.74. The summed E-state index contributed by atoms with van der Waals surface area (Å²) in [4.78, 5) is 3.95. The first kappa shape index (κ1) is 8.31. The van der Waals surface area contributed by atoms with Gasteiger partial charge in [0.1, 0.15) is 0 Å². The van der Waals surface area contributed by atoms with E-state index < -0.39 is 0 Å². The fraction of sp³-hybridized carbons (Fsp3) is 0. The zero-order valence-electron chi connectivity index (χ0n) is 6.68. The van der Waals surface area contributed by atoms with E-state index in [1.54, 1.807) is 24.8 Å². The Balaban J connectivity index is 2.54. The number of pyridine rings is 1. The largest absolute Gasteiger partial charge is 0.265 e. The molecule has 0 fully saturated rings. The molecule has 13 heavy (non-hydrogen) atoms. The summed E-state index contributed by atoms with van der Waals surface area (Å²) in [7, 11) is 0. The number of halogens is 1. The van der Waals surface area contributed by atoms with Crippen LogP contribution >= 0.6 is 15.9 Å². The van der Waals surface area contributed by atoms with Gasteiger partial charge in [0.25, 0.3) is 0 Å². The Bertz CT molecular complexity index is 403. The second kappa shape index (κ2) is 3.62. The highest BCUT2D eigenvalue weighted by Crippen LogP contribution is 2.25. The van der Waals surface area contributed by atoms with E-state index in [0.717, 1.165) is 15.6 Å². The van der Waals surface area contributed by atoms with E-state index in [-0.39, 0.29) is 0 Å². The lowest BCUT2D eigenvalue weighted by Crippen LogP contribution is -1.84. The average Bonchev–Trinajstić information content (AvgIpc) is 2.20. The minimum absolute atomic E-state index is 0.939. The van der Waals surface area contributed by atoms with E-state index in [4.69, 9.17) is 0 Å². The molecule has 0 aliphatic carbocycles. The maximum Gasteiger partial charge on any atom is 0.0644 e. The molecular formula is C9H6BrN3. The SMILES string of the molecule is Brc1cnncc1-c1ccncc1. The van der Waals surface area contributed by atoms with Crippen LogP contribution in [0.3, 0.4) is 0 Å². The Morgan fingerprint density at radius 2 is 1.69 bits per heavy atom. The van der Waals surface area contributed by atoms with E-state index in [9.17, 15) is 0 Å². The smallest absolute Gasteiger partial charge is 0.0644 e. The molecule has 0 unspecified atom stereocenters. The van der Waals surface area contributed by atoms with Gasteiger partial charge in [-0.3, -0.25) is 4.98 Å². The first-order valence-corrected chi connectivity index (χ1v) is 4.54. The van der Waals surface area contributed by atoms with Gasteiger partial charge in [0, 0.05) is 22.4 Å². The van der Waals surface area contributed by atoms with Crippen LogP contribution in [0.2, 0.25) is 0 Å². The van der Waals surface area contributed by atoms with Gasteiger partial charge in [0.15, 0.2) is 0 Å². The van der Waals surface area contributed by atoms with Gasteiger partial charge in [-0.05, 0) is 33.6 Å². The second-order valence-electron chi connectivity index (χ2n) is 2.49. The van der Waals surface area contributed by atoms with Gasteiger partial charge in [0.05, 0.1) is 12.4 Å². The minimum atomic E-state index is 0.939. The molecular weight excluding hydrogens is 230 g/mol. The fourth-order valence-electron chi connectivity index (χ4n) is 1.05. The molecule has 0 atom stereocenters. The molecule has 2 aromatic heterocycles. The molecule has 0 amide bonds. The molecule has 2 heterocycles. The molecule has 0 aromatic carbocycles. The third kappa shape index (κ3) is 1.72. The van der Waals surface area contributed by atoms with Gasteiger partial charge in [-0.2, -0.15) is 10.2 Å². The summed E-state index contributed by atoms with van der Waals surface area (Å²) in [5.41, 5.74) is 2.11. The average molecular weight is 236 g/mol. The summed E-state index contributed by atoms with van der Waals surface area (Å²) in [6.45, 7) is 0. The van der Waals surface area contributed by atoms with Crippen LogP contribution in [0.5, 0.6) is 0 Å². The van der Waals surface area contributed by atoms with Crippen molar-refractivity contribution in [1.82, 2.24) is 15.2 Å². The van der Waals surface area contributed by atoms with Crippen molar-refractivity contribution in [2.24, 2.45) is 0 Å². The van der Waals surface area contributed by atoms with Crippen LogP contribution in [0.1, 0.15) is 0 Å². The van der Waals surface area contributed by atoms with Crippen molar-refractivity contribution < 1.29 is 0 Å². The molecule has 0 radical (unpaired) electrons. The van der Waals surface area contributed by atoms with Crippen molar-refractivity contribution in [3.63, 3.8) is 0 Å². The number of rotatable bonds is 1. The monoisotopic (exact) mass is 235 g/mol. The van der Waals surface area contributed by atoms with Crippen molar-refractivity contribution in [1.29, 1.82) is 0 Å². The second-order valence-corrected chi connectivity index (χ2v) is 3.34. The zero-order valence-corrected chi connectivity index (χ0v) is 8.27. The van der Waals surface area contributed by atoms with E-state index in [1.807, 2.05) is 12.1 Å². The predicted octanol–water partition coefficient (Wildman–Crippen LogP) is 2.30. The highest BCUT2D eigenvalue weighted by atomic mass is 79.9. The quantitative estimate of drug-likeness (QED) is 0.762. The standard InChI is InChI=1S/C9H6BrN3/c10-9-6-13-12-5-8(9)7-1-3-11-4-2-7/h1-6H. The predicted molar refractivity (Wildman–Crippen MR) is 53.0 cm³/mol. The fourth-order valence-corrected chi connectivity index (χ4v) is 1.47. The molecule has 0 spiro atoms. The molecule has 3 nitrogen and oxygen atoms in total. The maximum absolute atomic E-state index is 3.95. The number of aromatic nitrogens is 3. The lowest BCUT2D eigenvalue weighted by atomic mass is 10.1. The van der Waals surface area contributed by atoms with Gasteiger partial charge >= 0.3 is 0 Å². The Kier molecular flexibility index (Phi) is 2.31. The normalized spacial score (nSPS) is 9.92. The van der Waals surface area contributed by atoms with Gasteiger partial charge in [-0.1, -0.05) is 0 Å². The summed E-state index contributed by atoms with van der Waals surface area (Å²) in [6.07, 6.45) is 6.90. The third-order valence-corrected chi connectivity index (χ3v) is 2.31. The van der Waals surface area contributed by atoms with Crippen LogP contribution in [0.15, 0.2) is 41.4 Å². The molecule has 0 saturated carbocycles. The molecule has 2 rings (SSSR count). The first-order chi connectivity index (χ1) is 6.38. The van der Waals surface area contributed by atoms with E-state index in [1.165, 1.54) is 0 Å². The van der Waals surface area contributed by atoms with Gasteiger partial charge in [0.2, 0.25) is 0 Å². The van der Waals surface area contributed by atoms with Crippen LogP contribution in [-0.4, -0.2) is 15.2 Å². The van der Waals surface area contributed by atoms with Crippen LogP contribution in [0.25, 0.3) is 11.1 Å². The highest BCUT2D eigenvalue weighted by molar-refractivity contribution is 9.10. The summed E-state index contributed by atoms with van der Waals surface area (Å²) in [5.74, 6) is 0. The number of nitrogens with zero attached hydrogens (tertiary/aromatic N) is 3. The number of hydrogen-bond donors (Lipinski definition) is 0. The molecule has 0 N–H and O–H groups in total. The lowest BCUT2D eigenvalue weighted by molar-refractivity contribution is 1.03. The van der Waals surface area contributed by atoms with Crippen LogP contribution < -0.4 is 0 Å². The van der Waals surface area contributed by atoms with E-state index in [0.29, 0.717) is 0 Å². The minimum Gasteiger partial charge on any atom is -0.265 e. The molecule has 0 aliphatic rings. The topological polar surface area (TPSA) is 38.7 Å². The molecule has 64 valence electrons. The Morgan fingerprint density at radius 3 is 2.38 bits per heavy atom. The van der Waals surface area contributed by atoms with Crippen LogP contribution in [0.4, 0.5) is 0 Å². The van der Waals surface area contributed by atoms with Crippen molar-refractivity contribution >= 4 is 15.9 Å². The Morgan fingerprint density at radius 1 is 1.00 bits per heavy atom. The van der Waals surface area contributed by atoms with Gasteiger partial charge < -0.3 is 0 Å². The summed E-state index contributed by atoms with van der Waals surface area (Å²) in [6, 6.07) is 3.86. The van der Waals surface area contributed by atoms with Crippen LogP contribution in [-0.2, 0) is 0 Å². The molecule has 2 aromatic rings. The van der Waals surface area contributed by atoms with E-state index >= 15 is 0 Å².